The Morgan fingerprint density at radius 2 is 1.95 bits per heavy atom. The van der Waals surface area contributed by atoms with E-state index in [0.717, 1.165) is 19.0 Å². The lowest BCUT2D eigenvalue weighted by molar-refractivity contribution is 0.495. The van der Waals surface area contributed by atoms with Crippen molar-refractivity contribution in [1.29, 1.82) is 0 Å². The molecule has 0 spiro atoms. The first-order valence-corrected chi connectivity index (χ1v) is 7.73. The molecule has 108 valence electrons. The minimum absolute atomic E-state index is 0.0219. The highest BCUT2D eigenvalue weighted by Crippen LogP contribution is 2.27. The first kappa shape index (κ1) is 16.0. The lowest BCUT2D eigenvalue weighted by Gasteiger charge is -2.26. The number of rotatable bonds is 4. The molecule has 1 heterocycles. The van der Waals surface area contributed by atoms with E-state index in [2.05, 4.69) is 69.7 Å². The van der Waals surface area contributed by atoms with Gasteiger partial charge in [0.1, 0.15) is 0 Å². The van der Waals surface area contributed by atoms with Gasteiger partial charge in [-0.3, -0.25) is 4.99 Å². The van der Waals surface area contributed by atoms with Gasteiger partial charge in [0.25, 0.3) is 0 Å². The average molecular weight is 281 g/mol. The van der Waals surface area contributed by atoms with Crippen LogP contribution in [0.3, 0.4) is 0 Å². The fourth-order valence-electron chi connectivity index (χ4n) is 1.68. The number of aliphatic imine (C=N–C) groups is 1. The summed E-state index contributed by atoms with van der Waals surface area (Å²) in [6, 6.07) is 4.29. The van der Waals surface area contributed by atoms with Crippen molar-refractivity contribution in [2.75, 3.05) is 13.1 Å². The Morgan fingerprint density at radius 1 is 1.26 bits per heavy atom. The number of nitrogens with zero attached hydrogens (tertiary/aromatic N) is 1. The average Bonchev–Trinajstić information content (AvgIpc) is 2.78. The van der Waals surface area contributed by atoms with E-state index >= 15 is 0 Å². The minimum Gasteiger partial charge on any atom is -0.357 e. The quantitative estimate of drug-likeness (QED) is 0.656. The molecule has 19 heavy (non-hydrogen) atoms. The van der Waals surface area contributed by atoms with Crippen molar-refractivity contribution >= 4 is 17.3 Å². The maximum Gasteiger partial charge on any atom is 0.191 e. The van der Waals surface area contributed by atoms with Crippen LogP contribution in [-0.4, -0.2) is 24.6 Å². The van der Waals surface area contributed by atoms with E-state index in [9.17, 15) is 0 Å². The van der Waals surface area contributed by atoms with Crippen LogP contribution in [0.4, 0.5) is 0 Å². The molecule has 0 saturated heterocycles. The predicted octanol–water partition coefficient (Wildman–Crippen LogP) is 3.38. The van der Waals surface area contributed by atoms with Crippen LogP contribution in [0, 0.1) is 0 Å². The predicted molar refractivity (Wildman–Crippen MR) is 86.2 cm³/mol. The molecule has 0 amide bonds. The third-order valence-electron chi connectivity index (χ3n) is 2.66. The largest absolute Gasteiger partial charge is 0.357 e. The molecule has 2 N–H and O–H groups in total. The summed E-state index contributed by atoms with van der Waals surface area (Å²) in [7, 11) is 0. The summed E-state index contributed by atoms with van der Waals surface area (Å²) in [6.45, 7) is 14.6. The van der Waals surface area contributed by atoms with Gasteiger partial charge in [0.15, 0.2) is 5.96 Å². The number of guanidine groups is 1. The molecule has 0 atom stereocenters. The van der Waals surface area contributed by atoms with E-state index in [1.807, 2.05) is 0 Å². The van der Waals surface area contributed by atoms with E-state index in [0.29, 0.717) is 0 Å². The maximum absolute atomic E-state index is 4.73. The number of nitrogens with one attached hydrogen (secondary N) is 2. The standard InChI is InChI=1S/C15H27N3S/c1-7-16-13(18-14(2,3)4)17-11-15(5,6)12-9-8-10-19-12/h8-10H,7,11H2,1-6H3,(H2,16,17,18). The van der Waals surface area contributed by atoms with Crippen LogP contribution in [-0.2, 0) is 5.41 Å². The van der Waals surface area contributed by atoms with E-state index in [4.69, 9.17) is 4.99 Å². The van der Waals surface area contributed by atoms with Crippen molar-refractivity contribution in [2.45, 2.75) is 52.5 Å². The molecule has 0 aliphatic heterocycles. The minimum atomic E-state index is 0.0219. The van der Waals surface area contributed by atoms with Gasteiger partial charge in [0.05, 0.1) is 6.54 Å². The molecule has 0 aromatic carbocycles. The van der Waals surface area contributed by atoms with Crippen molar-refractivity contribution in [1.82, 2.24) is 10.6 Å². The second-order valence-electron chi connectivity index (χ2n) is 6.43. The third kappa shape index (κ3) is 5.64. The van der Waals surface area contributed by atoms with Crippen LogP contribution in [0.2, 0.25) is 0 Å². The molecule has 1 aromatic rings. The van der Waals surface area contributed by atoms with Gasteiger partial charge in [-0.05, 0) is 39.1 Å². The molecule has 0 fully saturated rings. The van der Waals surface area contributed by atoms with Gasteiger partial charge in [0.2, 0.25) is 0 Å². The van der Waals surface area contributed by atoms with E-state index in [1.54, 1.807) is 11.3 Å². The Kier molecular flexibility index (Phi) is 5.41. The first-order chi connectivity index (χ1) is 8.74. The van der Waals surface area contributed by atoms with Crippen molar-refractivity contribution in [3.8, 4) is 0 Å². The summed E-state index contributed by atoms with van der Waals surface area (Å²) in [5, 5.41) is 8.84. The molecule has 0 unspecified atom stereocenters. The topological polar surface area (TPSA) is 36.4 Å². The molecule has 0 aliphatic rings. The lowest BCUT2D eigenvalue weighted by Crippen LogP contribution is -2.48. The summed E-state index contributed by atoms with van der Waals surface area (Å²) >= 11 is 1.80. The Balaban J connectivity index is 2.75. The zero-order chi connectivity index (χ0) is 14.5. The molecule has 0 bridgehead atoms. The Bertz CT molecular complexity index is 400. The molecule has 0 radical (unpaired) electrons. The third-order valence-corrected chi connectivity index (χ3v) is 3.89. The Morgan fingerprint density at radius 3 is 2.42 bits per heavy atom. The highest BCUT2D eigenvalue weighted by molar-refractivity contribution is 7.10. The SMILES string of the molecule is CCNC(=NCC(C)(C)c1cccs1)NC(C)(C)C. The fourth-order valence-corrected chi connectivity index (χ4v) is 2.53. The van der Waals surface area contributed by atoms with Crippen LogP contribution in [0.25, 0.3) is 0 Å². The van der Waals surface area contributed by atoms with Gasteiger partial charge in [0, 0.05) is 22.4 Å². The summed E-state index contributed by atoms with van der Waals surface area (Å²) in [4.78, 5) is 6.11. The first-order valence-electron chi connectivity index (χ1n) is 6.85. The van der Waals surface area contributed by atoms with Crippen LogP contribution < -0.4 is 10.6 Å². The van der Waals surface area contributed by atoms with Crippen molar-refractivity contribution in [3.05, 3.63) is 22.4 Å². The van der Waals surface area contributed by atoms with Gasteiger partial charge in [-0.25, -0.2) is 0 Å². The highest BCUT2D eigenvalue weighted by Gasteiger charge is 2.22. The monoisotopic (exact) mass is 281 g/mol. The van der Waals surface area contributed by atoms with Gasteiger partial charge in [-0.1, -0.05) is 19.9 Å². The number of thiophene rings is 1. The Hall–Kier alpha value is -1.03. The summed E-state index contributed by atoms with van der Waals surface area (Å²) in [5.74, 6) is 0.889. The lowest BCUT2D eigenvalue weighted by atomic mass is 9.92. The zero-order valence-corrected chi connectivity index (χ0v) is 13.8. The fraction of sp³-hybridized carbons (Fsp3) is 0.667. The van der Waals surface area contributed by atoms with Crippen molar-refractivity contribution in [2.24, 2.45) is 4.99 Å². The van der Waals surface area contributed by atoms with E-state index < -0.39 is 0 Å². The smallest absolute Gasteiger partial charge is 0.191 e. The second kappa shape index (κ2) is 6.42. The Labute approximate surface area is 121 Å². The molecular formula is C15H27N3S. The van der Waals surface area contributed by atoms with Gasteiger partial charge >= 0.3 is 0 Å². The van der Waals surface area contributed by atoms with Crippen molar-refractivity contribution < 1.29 is 0 Å². The summed E-state index contributed by atoms with van der Waals surface area (Å²) < 4.78 is 0. The molecule has 1 rings (SSSR count). The van der Waals surface area contributed by atoms with Crippen LogP contribution >= 0.6 is 11.3 Å². The van der Waals surface area contributed by atoms with Crippen molar-refractivity contribution in [3.63, 3.8) is 0 Å². The molecule has 1 aromatic heterocycles. The summed E-state index contributed by atoms with van der Waals surface area (Å²) in [5.41, 5.74) is 0.0997. The number of hydrogen-bond acceptors (Lipinski definition) is 2. The normalized spacial score (nSPS) is 13.5. The molecular weight excluding hydrogens is 254 g/mol. The maximum atomic E-state index is 4.73. The molecule has 0 saturated carbocycles. The van der Waals surface area contributed by atoms with E-state index in [1.165, 1.54) is 4.88 Å². The second-order valence-corrected chi connectivity index (χ2v) is 7.38. The highest BCUT2D eigenvalue weighted by atomic mass is 32.1. The van der Waals surface area contributed by atoms with Gasteiger partial charge in [-0.2, -0.15) is 0 Å². The van der Waals surface area contributed by atoms with Gasteiger partial charge in [-0.15, -0.1) is 11.3 Å². The molecule has 0 aliphatic carbocycles. The van der Waals surface area contributed by atoms with Crippen LogP contribution in [0.15, 0.2) is 22.5 Å². The number of hydrogen-bond donors (Lipinski definition) is 2. The van der Waals surface area contributed by atoms with E-state index in [-0.39, 0.29) is 11.0 Å². The molecule has 4 heteroatoms. The van der Waals surface area contributed by atoms with Crippen LogP contribution in [0.1, 0.15) is 46.4 Å². The zero-order valence-electron chi connectivity index (χ0n) is 13.0. The molecule has 3 nitrogen and oxygen atoms in total. The summed E-state index contributed by atoms with van der Waals surface area (Å²) in [6.07, 6.45) is 0. The van der Waals surface area contributed by atoms with Crippen LogP contribution in [0.5, 0.6) is 0 Å². The van der Waals surface area contributed by atoms with Gasteiger partial charge < -0.3 is 10.6 Å².